The lowest BCUT2D eigenvalue weighted by atomic mass is 10.2. The van der Waals surface area contributed by atoms with Crippen LogP contribution in [0.1, 0.15) is 10.6 Å². The van der Waals surface area contributed by atoms with Crippen LogP contribution in [-0.2, 0) is 6.42 Å². The van der Waals surface area contributed by atoms with Crippen molar-refractivity contribution in [3.63, 3.8) is 0 Å². The number of hydrogen-bond donors (Lipinski definition) is 2. The molecule has 0 unspecified atom stereocenters. The van der Waals surface area contributed by atoms with Gasteiger partial charge in [0.05, 0.1) is 20.1 Å². The molecule has 1 aromatic heterocycles. The summed E-state index contributed by atoms with van der Waals surface area (Å²) in [6.45, 7) is 0. The molecule has 26 heavy (non-hydrogen) atoms. The summed E-state index contributed by atoms with van der Waals surface area (Å²) in [5, 5.41) is 16.1. The summed E-state index contributed by atoms with van der Waals surface area (Å²) in [7, 11) is 0. The predicted octanol–water partition coefficient (Wildman–Crippen LogP) is 6.39. The number of carbonyl (C=O) groups excluding carboxylic acids is 1. The van der Waals surface area contributed by atoms with Crippen LogP contribution in [0.15, 0.2) is 36.4 Å². The molecule has 3 aromatic rings. The Morgan fingerprint density at radius 3 is 2.27 bits per heavy atom. The highest BCUT2D eigenvalue weighted by atomic mass is 35.5. The molecule has 0 aliphatic rings. The number of rotatable bonds is 4. The van der Waals surface area contributed by atoms with Crippen LogP contribution < -0.4 is 10.6 Å². The highest BCUT2D eigenvalue weighted by Crippen LogP contribution is 2.26. The molecule has 0 fully saturated rings. The second kappa shape index (κ2) is 8.41. The summed E-state index contributed by atoms with van der Waals surface area (Å²) in [5.41, 5.74) is 1.46. The molecule has 0 radical (unpaired) electrons. The standard InChI is InChI=1S/C16H10Cl4N4OS/c17-10-3-1-8(5-12(10)19)6-14-23-24-16(26-14)22-15(25)21-9-2-4-11(18)13(20)7-9/h1-5,7H,6H2,(H2,21,22,24,25). The monoisotopic (exact) mass is 446 g/mol. The van der Waals surface area contributed by atoms with Gasteiger partial charge in [0.25, 0.3) is 0 Å². The van der Waals surface area contributed by atoms with Crippen LogP contribution >= 0.6 is 57.7 Å². The fourth-order valence-electron chi connectivity index (χ4n) is 2.03. The highest BCUT2D eigenvalue weighted by molar-refractivity contribution is 7.15. The molecule has 0 aliphatic carbocycles. The lowest BCUT2D eigenvalue weighted by Gasteiger charge is -2.06. The van der Waals surface area contributed by atoms with E-state index in [2.05, 4.69) is 20.8 Å². The fraction of sp³-hybridized carbons (Fsp3) is 0.0625. The van der Waals surface area contributed by atoms with E-state index in [4.69, 9.17) is 46.4 Å². The molecule has 2 amide bonds. The Bertz CT molecular complexity index is 963. The average Bonchev–Trinajstić information content (AvgIpc) is 3.01. The molecule has 10 heteroatoms. The second-order valence-electron chi connectivity index (χ2n) is 5.13. The van der Waals surface area contributed by atoms with Gasteiger partial charge in [-0.05, 0) is 35.9 Å². The van der Waals surface area contributed by atoms with Gasteiger partial charge in [-0.1, -0.05) is 63.8 Å². The molecule has 0 aliphatic heterocycles. The van der Waals surface area contributed by atoms with Crippen molar-refractivity contribution in [2.75, 3.05) is 10.6 Å². The maximum Gasteiger partial charge on any atom is 0.325 e. The molecule has 0 atom stereocenters. The fourth-order valence-corrected chi connectivity index (χ4v) is 3.42. The summed E-state index contributed by atoms with van der Waals surface area (Å²) in [6.07, 6.45) is 0.532. The van der Waals surface area contributed by atoms with Gasteiger partial charge >= 0.3 is 6.03 Å². The zero-order chi connectivity index (χ0) is 18.7. The Hall–Kier alpha value is -1.57. The SMILES string of the molecule is O=C(Nc1ccc(Cl)c(Cl)c1)Nc1nnc(Cc2ccc(Cl)c(Cl)c2)s1. The minimum atomic E-state index is -0.458. The first-order chi connectivity index (χ1) is 12.4. The number of urea groups is 1. The summed E-state index contributed by atoms with van der Waals surface area (Å²) < 4.78 is 0. The Labute approximate surface area is 173 Å². The lowest BCUT2D eigenvalue weighted by Crippen LogP contribution is -2.19. The number of benzene rings is 2. The zero-order valence-electron chi connectivity index (χ0n) is 12.9. The summed E-state index contributed by atoms with van der Waals surface area (Å²) in [5.74, 6) is 0. The van der Waals surface area contributed by atoms with E-state index in [1.165, 1.54) is 11.3 Å². The molecule has 0 spiro atoms. The molecule has 0 saturated heterocycles. The van der Waals surface area contributed by atoms with Gasteiger partial charge in [-0.25, -0.2) is 4.79 Å². The molecular weight excluding hydrogens is 438 g/mol. The Balaban J connectivity index is 1.61. The van der Waals surface area contributed by atoms with Crippen molar-refractivity contribution in [3.05, 3.63) is 67.1 Å². The van der Waals surface area contributed by atoms with Crippen LogP contribution in [0.25, 0.3) is 0 Å². The van der Waals surface area contributed by atoms with Crippen LogP contribution in [-0.4, -0.2) is 16.2 Å². The number of nitrogens with zero attached hydrogens (tertiary/aromatic N) is 2. The summed E-state index contributed by atoms with van der Waals surface area (Å²) in [6, 6.07) is 9.70. The zero-order valence-corrected chi connectivity index (χ0v) is 16.7. The van der Waals surface area contributed by atoms with Crippen LogP contribution in [0, 0.1) is 0 Å². The molecule has 3 rings (SSSR count). The van der Waals surface area contributed by atoms with E-state index in [-0.39, 0.29) is 0 Å². The first-order valence-electron chi connectivity index (χ1n) is 7.20. The Morgan fingerprint density at radius 2 is 1.58 bits per heavy atom. The van der Waals surface area contributed by atoms with Gasteiger partial charge in [-0.15, -0.1) is 10.2 Å². The van der Waals surface area contributed by atoms with Crippen molar-refractivity contribution in [2.45, 2.75) is 6.42 Å². The summed E-state index contributed by atoms with van der Waals surface area (Å²) >= 11 is 24.9. The van der Waals surface area contributed by atoms with Crippen LogP contribution in [0.3, 0.4) is 0 Å². The number of amides is 2. The van der Waals surface area contributed by atoms with Crippen LogP contribution in [0.4, 0.5) is 15.6 Å². The summed E-state index contributed by atoms with van der Waals surface area (Å²) in [4.78, 5) is 12.0. The van der Waals surface area contributed by atoms with Crippen molar-refractivity contribution in [2.24, 2.45) is 0 Å². The maximum atomic E-state index is 12.0. The van der Waals surface area contributed by atoms with Crippen molar-refractivity contribution in [1.29, 1.82) is 0 Å². The van der Waals surface area contributed by atoms with Crippen molar-refractivity contribution < 1.29 is 4.79 Å². The van der Waals surface area contributed by atoms with E-state index in [0.29, 0.717) is 37.3 Å². The first kappa shape index (κ1) is 19.2. The second-order valence-corrected chi connectivity index (χ2v) is 7.83. The Morgan fingerprint density at radius 1 is 0.885 bits per heavy atom. The number of anilines is 2. The van der Waals surface area contributed by atoms with E-state index < -0.39 is 6.03 Å². The van der Waals surface area contributed by atoms with Gasteiger partial charge in [-0.3, -0.25) is 5.32 Å². The Kier molecular flexibility index (Phi) is 6.21. The maximum absolute atomic E-state index is 12.0. The molecule has 2 N–H and O–H groups in total. The van der Waals surface area contributed by atoms with E-state index in [9.17, 15) is 4.79 Å². The largest absolute Gasteiger partial charge is 0.325 e. The van der Waals surface area contributed by atoms with Crippen molar-refractivity contribution in [1.82, 2.24) is 10.2 Å². The molecule has 0 bridgehead atoms. The van der Waals surface area contributed by atoms with Crippen LogP contribution in [0.5, 0.6) is 0 Å². The van der Waals surface area contributed by atoms with Gasteiger partial charge in [-0.2, -0.15) is 0 Å². The van der Waals surface area contributed by atoms with Gasteiger partial charge in [0.15, 0.2) is 0 Å². The third kappa shape index (κ3) is 4.99. The molecule has 134 valence electrons. The highest BCUT2D eigenvalue weighted by Gasteiger charge is 2.10. The number of aromatic nitrogens is 2. The third-order valence-corrected chi connectivity index (χ3v) is 5.52. The van der Waals surface area contributed by atoms with Gasteiger partial charge < -0.3 is 5.32 Å². The van der Waals surface area contributed by atoms with E-state index in [1.54, 1.807) is 30.3 Å². The van der Waals surface area contributed by atoms with Crippen LogP contribution in [0.2, 0.25) is 20.1 Å². The predicted molar refractivity (Wildman–Crippen MR) is 108 cm³/mol. The normalized spacial score (nSPS) is 10.6. The number of carbonyl (C=O) groups is 1. The quantitative estimate of drug-likeness (QED) is 0.487. The van der Waals surface area contributed by atoms with E-state index in [0.717, 1.165) is 10.6 Å². The number of nitrogens with one attached hydrogen (secondary N) is 2. The minimum Gasteiger partial charge on any atom is -0.308 e. The molecular formula is C16H10Cl4N4OS. The van der Waals surface area contributed by atoms with Gasteiger partial charge in [0.1, 0.15) is 5.01 Å². The molecule has 5 nitrogen and oxygen atoms in total. The molecule has 0 saturated carbocycles. The lowest BCUT2D eigenvalue weighted by molar-refractivity contribution is 0.262. The van der Waals surface area contributed by atoms with Gasteiger partial charge in [0, 0.05) is 12.1 Å². The molecule has 1 heterocycles. The molecule has 2 aromatic carbocycles. The van der Waals surface area contributed by atoms with E-state index >= 15 is 0 Å². The smallest absolute Gasteiger partial charge is 0.308 e. The first-order valence-corrected chi connectivity index (χ1v) is 9.53. The third-order valence-electron chi connectivity index (χ3n) is 3.20. The topological polar surface area (TPSA) is 66.9 Å². The van der Waals surface area contributed by atoms with Crippen molar-refractivity contribution in [3.8, 4) is 0 Å². The van der Waals surface area contributed by atoms with E-state index in [1.807, 2.05) is 6.07 Å². The average molecular weight is 448 g/mol. The van der Waals surface area contributed by atoms with Crippen molar-refractivity contribution >= 4 is 74.6 Å². The minimum absolute atomic E-state index is 0.351. The number of hydrogen-bond acceptors (Lipinski definition) is 4. The number of halogens is 4. The van der Waals surface area contributed by atoms with Gasteiger partial charge in [0.2, 0.25) is 5.13 Å².